The Balaban J connectivity index is 1.35. The van der Waals surface area contributed by atoms with E-state index in [2.05, 4.69) is 71.6 Å². The molecule has 0 unspecified atom stereocenters. The molecule has 0 radical (unpaired) electrons. The number of aryl methyl sites for hydroxylation is 1. The minimum Gasteiger partial charge on any atom is -0.496 e. The topological polar surface area (TPSA) is 60.4 Å². The molecule has 0 aliphatic rings. The van der Waals surface area contributed by atoms with Crippen molar-refractivity contribution in [1.29, 1.82) is 0 Å². The normalized spacial score (nSPS) is 11.1. The summed E-state index contributed by atoms with van der Waals surface area (Å²) in [6.07, 6.45) is 4.51. The van der Waals surface area contributed by atoms with E-state index in [1.807, 2.05) is 12.1 Å². The summed E-state index contributed by atoms with van der Waals surface area (Å²) in [5.74, 6) is 2.97. The van der Waals surface area contributed by atoms with Crippen LogP contribution in [-0.4, -0.2) is 51.1 Å². The number of fused-ring (bicyclic) bond motifs is 1. The second-order valence-electron chi connectivity index (χ2n) is 9.93. The maximum absolute atomic E-state index is 9.76. The predicted molar refractivity (Wildman–Crippen MR) is 161 cm³/mol. The van der Waals surface area contributed by atoms with E-state index in [9.17, 15) is 5.11 Å². The molecule has 0 amide bonds. The average molecular weight is 544 g/mol. The van der Waals surface area contributed by atoms with Crippen molar-refractivity contribution in [3.63, 3.8) is 0 Å². The van der Waals surface area contributed by atoms with Gasteiger partial charge < -0.3 is 24.1 Å². The van der Waals surface area contributed by atoms with Crippen LogP contribution in [0.1, 0.15) is 36.0 Å². The van der Waals surface area contributed by atoms with Crippen molar-refractivity contribution in [3.05, 3.63) is 95.6 Å². The third-order valence-corrected chi connectivity index (χ3v) is 7.12. The number of nitrogens with zero attached hydrogens (tertiary/aromatic N) is 1. The van der Waals surface area contributed by atoms with Crippen molar-refractivity contribution in [3.8, 4) is 23.0 Å². The number of aliphatic hydroxyl groups excluding tert-OH is 1. The zero-order chi connectivity index (χ0) is 28.2. The van der Waals surface area contributed by atoms with Crippen molar-refractivity contribution in [1.82, 2.24) is 4.90 Å². The van der Waals surface area contributed by atoms with Crippen LogP contribution in [0, 0.1) is 0 Å². The molecule has 4 rings (SSSR count). The molecule has 0 saturated carbocycles. The zero-order valence-electron chi connectivity index (χ0n) is 23.9. The van der Waals surface area contributed by atoms with Gasteiger partial charge >= 0.3 is 0 Å². The van der Waals surface area contributed by atoms with Crippen LogP contribution in [0.5, 0.6) is 23.0 Å². The van der Waals surface area contributed by atoms with E-state index in [4.69, 9.17) is 18.9 Å². The van der Waals surface area contributed by atoms with Gasteiger partial charge in [-0.05, 0) is 65.8 Å². The number of methoxy groups -OCH3 is 3. The van der Waals surface area contributed by atoms with Crippen LogP contribution in [0.15, 0.2) is 78.9 Å². The molecular weight excluding hydrogens is 502 g/mol. The van der Waals surface area contributed by atoms with E-state index in [0.717, 1.165) is 48.0 Å². The molecule has 40 heavy (non-hydrogen) atoms. The molecule has 212 valence electrons. The standard InChI is InChI=1S/C34H41NO5/c1-37-31-22-33(38-2)32(34(23-31)39-3)25-35(17-18-36)24-27-13-14-29-21-30(16-15-28(29)20-27)40-19-9-5-8-12-26-10-6-4-7-11-26/h4,6-7,10-11,13-16,20-23,36H,5,8-9,12,17-19,24-25H2,1-3H3. The second-order valence-corrected chi connectivity index (χ2v) is 9.93. The molecule has 0 heterocycles. The first-order valence-electron chi connectivity index (χ1n) is 13.9. The zero-order valence-corrected chi connectivity index (χ0v) is 23.9. The third-order valence-electron chi connectivity index (χ3n) is 7.12. The summed E-state index contributed by atoms with van der Waals surface area (Å²) in [6, 6.07) is 27.1. The summed E-state index contributed by atoms with van der Waals surface area (Å²) < 4.78 is 22.7. The van der Waals surface area contributed by atoms with Crippen LogP contribution < -0.4 is 18.9 Å². The summed E-state index contributed by atoms with van der Waals surface area (Å²) in [7, 11) is 4.90. The number of ether oxygens (including phenoxy) is 4. The third kappa shape index (κ3) is 8.13. The highest BCUT2D eigenvalue weighted by atomic mass is 16.5. The molecule has 0 fully saturated rings. The molecule has 6 heteroatoms. The molecule has 4 aromatic rings. The highest BCUT2D eigenvalue weighted by molar-refractivity contribution is 5.84. The summed E-state index contributed by atoms with van der Waals surface area (Å²) >= 11 is 0. The fourth-order valence-electron chi connectivity index (χ4n) is 4.97. The molecule has 0 atom stereocenters. The van der Waals surface area contributed by atoms with Gasteiger partial charge in [0, 0.05) is 31.8 Å². The van der Waals surface area contributed by atoms with Crippen LogP contribution in [0.25, 0.3) is 10.8 Å². The first kappa shape index (κ1) is 29.2. The minimum atomic E-state index is 0.0569. The lowest BCUT2D eigenvalue weighted by atomic mass is 10.1. The summed E-state index contributed by atoms with van der Waals surface area (Å²) in [4.78, 5) is 2.18. The molecule has 0 saturated heterocycles. The van der Waals surface area contributed by atoms with Crippen molar-refractivity contribution in [2.45, 2.75) is 38.8 Å². The number of aliphatic hydroxyl groups is 1. The summed E-state index contributed by atoms with van der Waals surface area (Å²) in [5, 5.41) is 12.1. The number of rotatable bonds is 16. The van der Waals surface area contributed by atoms with Gasteiger partial charge in [-0.25, -0.2) is 0 Å². The van der Waals surface area contributed by atoms with Crippen molar-refractivity contribution < 1.29 is 24.1 Å². The molecular formula is C34H41NO5. The molecule has 0 bridgehead atoms. The number of unbranched alkanes of at least 4 members (excludes halogenated alkanes) is 2. The lowest BCUT2D eigenvalue weighted by molar-refractivity contribution is 0.181. The monoisotopic (exact) mass is 543 g/mol. The highest BCUT2D eigenvalue weighted by Gasteiger charge is 2.17. The maximum atomic E-state index is 9.76. The Hall–Kier alpha value is -3.74. The molecule has 1 N–H and O–H groups in total. The lowest BCUT2D eigenvalue weighted by Crippen LogP contribution is -2.26. The van der Waals surface area contributed by atoms with Gasteiger partial charge in [0.1, 0.15) is 23.0 Å². The molecule has 0 spiro atoms. The fraction of sp³-hybridized carbons (Fsp3) is 0.353. The lowest BCUT2D eigenvalue weighted by Gasteiger charge is -2.24. The van der Waals surface area contributed by atoms with Gasteiger partial charge in [-0.15, -0.1) is 0 Å². The SMILES string of the molecule is COc1cc(OC)c(CN(CCO)Cc2ccc3cc(OCCCCCc4ccccc4)ccc3c2)c(OC)c1. The minimum absolute atomic E-state index is 0.0569. The van der Waals surface area contributed by atoms with Gasteiger partial charge in [0.15, 0.2) is 0 Å². The Kier molecular flexibility index (Phi) is 11.1. The Morgan fingerprint density at radius 2 is 1.38 bits per heavy atom. The van der Waals surface area contributed by atoms with Gasteiger partial charge in [-0.1, -0.05) is 48.5 Å². The fourth-order valence-corrected chi connectivity index (χ4v) is 4.97. The van der Waals surface area contributed by atoms with Crippen LogP contribution in [-0.2, 0) is 19.5 Å². The van der Waals surface area contributed by atoms with E-state index in [1.54, 1.807) is 21.3 Å². The largest absolute Gasteiger partial charge is 0.496 e. The molecule has 0 aromatic heterocycles. The van der Waals surface area contributed by atoms with Gasteiger partial charge in [0.25, 0.3) is 0 Å². The van der Waals surface area contributed by atoms with E-state index < -0.39 is 0 Å². The van der Waals surface area contributed by atoms with Gasteiger partial charge in [0.2, 0.25) is 0 Å². The van der Waals surface area contributed by atoms with Crippen LogP contribution in [0.3, 0.4) is 0 Å². The first-order valence-corrected chi connectivity index (χ1v) is 13.9. The van der Waals surface area contributed by atoms with E-state index >= 15 is 0 Å². The van der Waals surface area contributed by atoms with Crippen LogP contribution in [0.2, 0.25) is 0 Å². The number of hydrogen-bond donors (Lipinski definition) is 1. The molecule has 0 aliphatic heterocycles. The molecule has 4 aromatic carbocycles. The smallest absolute Gasteiger partial charge is 0.130 e. The van der Waals surface area contributed by atoms with Crippen molar-refractivity contribution in [2.75, 3.05) is 41.1 Å². The van der Waals surface area contributed by atoms with E-state index in [-0.39, 0.29) is 6.61 Å². The second kappa shape index (κ2) is 15.2. The predicted octanol–water partition coefficient (Wildman–Crippen LogP) is 6.65. The Morgan fingerprint density at radius 1 is 0.650 bits per heavy atom. The van der Waals surface area contributed by atoms with Gasteiger partial charge in [-0.3, -0.25) is 4.90 Å². The highest BCUT2D eigenvalue weighted by Crippen LogP contribution is 2.35. The number of benzene rings is 4. The number of hydrogen-bond acceptors (Lipinski definition) is 6. The maximum Gasteiger partial charge on any atom is 0.130 e. The van der Waals surface area contributed by atoms with Crippen molar-refractivity contribution >= 4 is 10.8 Å². The molecule has 6 nitrogen and oxygen atoms in total. The first-order chi connectivity index (χ1) is 19.6. The quantitative estimate of drug-likeness (QED) is 0.160. The van der Waals surface area contributed by atoms with Crippen LogP contribution in [0.4, 0.5) is 0 Å². The Morgan fingerprint density at radius 3 is 2.08 bits per heavy atom. The van der Waals surface area contributed by atoms with E-state index in [1.165, 1.54) is 17.5 Å². The summed E-state index contributed by atoms with van der Waals surface area (Å²) in [6.45, 7) is 2.55. The van der Waals surface area contributed by atoms with Crippen LogP contribution >= 0.6 is 0 Å². The van der Waals surface area contributed by atoms with Gasteiger partial charge in [0.05, 0.1) is 40.1 Å². The molecule has 0 aliphatic carbocycles. The van der Waals surface area contributed by atoms with E-state index in [0.29, 0.717) is 36.9 Å². The average Bonchev–Trinajstić information content (AvgIpc) is 2.99. The Labute approximate surface area is 238 Å². The Bertz CT molecular complexity index is 1320. The van der Waals surface area contributed by atoms with Crippen molar-refractivity contribution in [2.24, 2.45) is 0 Å². The summed E-state index contributed by atoms with van der Waals surface area (Å²) in [5.41, 5.74) is 3.48. The van der Waals surface area contributed by atoms with Gasteiger partial charge in [-0.2, -0.15) is 0 Å².